The maximum atomic E-state index is 12.2. The van der Waals surface area contributed by atoms with Gasteiger partial charge in [0, 0.05) is 5.92 Å². The average Bonchev–Trinajstić information content (AvgIpc) is 2.94. The molecule has 1 aliphatic rings. The predicted molar refractivity (Wildman–Crippen MR) is 82.3 cm³/mol. The number of fused-ring (bicyclic) bond motifs is 2. The first-order valence-corrected chi connectivity index (χ1v) is 7.53. The molecule has 22 heavy (non-hydrogen) atoms. The molecule has 0 aliphatic heterocycles. The molecule has 1 N–H and O–H groups in total. The van der Waals surface area contributed by atoms with Gasteiger partial charge in [0.25, 0.3) is 5.91 Å². The van der Waals surface area contributed by atoms with Crippen molar-refractivity contribution in [3.63, 3.8) is 0 Å². The predicted octanol–water partition coefficient (Wildman–Crippen LogP) is 2.78. The van der Waals surface area contributed by atoms with E-state index in [4.69, 9.17) is 0 Å². The standard InChI is InChI=1S/C16H15N5O/c1-8-5-11-12(6-9(8)2)18-15(17-11)14-13-7-20(19-14)21(13)16(22)10-3-4-10/h5-7,10H,3-4H2,1-2H3,(H,17,18). The molecule has 6 nitrogen and oxygen atoms in total. The Morgan fingerprint density at radius 1 is 1.27 bits per heavy atom. The summed E-state index contributed by atoms with van der Waals surface area (Å²) in [5.74, 6) is 1.06. The normalized spacial score (nSPS) is 15.4. The van der Waals surface area contributed by atoms with E-state index in [1.54, 1.807) is 9.31 Å². The van der Waals surface area contributed by atoms with E-state index in [2.05, 4.69) is 41.0 Å². The Morgan fingerprint density at radius 2 is 2.05 bits per heavy atom. The minimum absolute atomic E-state index is 0.152. The Labute approximate surface area is 126 Å². The molecule has 1 aliphatic carbocycles. The molecule has 0 unspecified atom stereocenters. The van der Waals surface area contributed by atoms with Gasteiger partial charge in [-0.2, -0.15) is 9.31 Å². The second-order valence-corrected chi connectivity index (χ2v) is 6.25. The molecular formula is C16H15N5O. The van der Waals surface area contributed by atoms with Crippen LogP contribution in [-0.2, 0) is 0 Å². The maximum Gasteiger partial charge on any atom is 0.250 e. The number of hydrogen-bond donors (Lipinski definition) is 1. The molecule has 6 heteroatoms. The van der Waals surface area contributed by atoms with Crippen LogP contribution in [0.15, 0.2) is 18.3 Å². The summed E-state index contributed by atoms with van der Waals surface area (Å²) in [4.78, 5) is 20.2. The second kappa shape index (κ2) is 3.76. The van der Waals surface area contributed by atoms with Gasteiger partial charge in [0.1, 0.15) is 5.52 Å². The van der Waals surface area contributed by atoms with E-state index in [9.17, 15) is 4.79 Å². The number of aryl methyl sites for hydroxylation is 2. The molecule has 0 radical (unpaired) electrons. The van der Waals surface area contributed by atoms with Crippen molar-refractivity contribution in [2.75, 3.05) is 0 Å². The topological polar surface area (TPSA) is 68.0 Å². The van der Waals surface area contributed by atoms with Crippen LogP contribution in [0.3, 0.4) is 0 Å². The molecule has 0 amide bonds. The largest absolute Gasteiger partial charge is 0.337 e. The highest BCUT2D eigenvalue weighted by Crippen LogP contribution is 2.34. The molecule has 110 valence electrons. The maximum absolute atomic E-state index is 12.2. The van der Waals surface area contributed by atoms with Crippen LogP contribution in [0.5, 0.6) is 0 Å². The van der Waals surface area contributed by atoms with E-state index in [-0.39, 0.29) is 11.8 Å². The van der Waals surface area contributed by atoms with Crippen molar-refractivity contribution >= 4 is 22.5 Å². The van der Waals surface area contributed by atoms with Gasteiger partial charge in [-0.1, -0.05) is 0 Å². The number of nitrogens with zero attached hydrogens (tertiary/aromatic N) is 4. The molecule has 0 spiro atoms. The van der Waals surface area contributed by atoms with Crippen molar-refractivity contribution in [2.45, 2.75) is 26.7 Å². The Balaban J connectivity index is 1.64. The number of carbonyl (C=O) groups excluding carboxylic acids is 1. The molecule has 1 aromatic carbocycles. The van der Waals surface area contributed by atoms with Gasteiger partial charge >= 0.3 is 0 Å². The highest BCUT2D eigenvalue weighted by atomic mass is 16.2. The van der Waals surface area contributed by atoms with E-state index in [0.717, 1.165) is 40.9 Å². The van der Waals surface area contributed by atoms with E-state index in [1.165, 1.54) is 11.1 Å². The van der Waals surface area contributed by atoms with Gasteiger partial charge in [0.2, 0.25) is 0 Å². The SMILES string of the molecule is Cc1cc2nc(-c3nn4cc3n4C(=O)C3CC3)[nH]c2cc1C. The first kappa shape index (κ1) is 12.0. The Hall–Kier alpha value is -2.63. The molecule has 6 rings (SSSR count). The van der Waals surface area contributed by atoms with Crippen molar-refractivity contribution in [3.8, 4) is 11.5 Å². The Bertz CT molecular complexity index is 991. The fraction of sp³-hybridized carbons (Fsp3) is 0.312. The van der Waals surface area contributed by atoms with E-state index in [1.807, 2.05) is 6.20 Å². The monoisotopic (exact) mass is 293 g/mol. The highest BCUT2D eigenvalue weighted by Gasteiger charge is 2.35. The van der Waals surface area contributed by atoms with Crippen molar-refractivity contribution in [1.29, 1.82) is 0 Å². The summed E-state index contributed by atoms with van der Waals surface area (Å²) < 4.78 is 3.28. The summed E-state index contributed by atoms with van der Waals surface area (Å²) in [6.07, 6.45) is 3.86. The van der Waals surface area contributed by atoms with Crippen molar-refractivity contribution in [2.24, 2.45) is 5.92 Å². The van der Waals surface area contributed by atoms with Crippen molar-refractivity contribution in [3.05, 3.63) is 29.5 Å². The van der Waals surface area contributed by atoms with Crippen LogP contribution in [0.4, 0.5) is 0 Å². The molecule has 2 bridgehead atoms. The Kier molecular flexibility index (Phi) is 2.05. The second-order valence-electron chi connectivity index (χ2n) is 6.25. The quantitative estimate of drug-likeness (QED) is 0.618. The number of rotatable bonds is 2. The number of aromatic nitrogens is 5. The molecule has 0 saturated heterocycles. The number of carbonyl (C=O) groups is 1. The van der Waals surface area contributed by atoms with Crippen molar-refractivity contribution < 1.29 is 4.79 Å². The van der Waals surface area contributed by atoms with Gasteiger partial charge in [0.05, 0.1) is 17.2 Å². The summed E-state index contributed by atoms with van der Waals surface area (Å²) in [5.41, 5.74) is 5.98. The fourth-order valence-electron chi connectivity index (χ4n) is 2.94. The smallest absolute Gasteiger partial charge is 0.250 e. The van der Waals surface area contributed by atoms with E-state index in [0.29, 0.717) is 0 Å². The number of H-pyrrole nitrogens is 1. The third kappa shape index (κ3) is 1.46. The van der Waals surface area contributed by atoms with Crippen LogP contribution in [0.1, 0.15) is 28.8 Å². The van der Waals surface area contributed by atoms with Crippen LogP contribution in [0.2, 0.25) is 0 Å². The zero-order valence-corrected chi connectivity index (χ0v) is 12.4. The number of hydrogen-bond acceptors (Lipinski definition) is 3. The first-order valence-electron chi connectivity index (χ1n) is 7.53. The molecule has 4 aromatic heterocycles. The summed E-state index contributed by atoms with van der Waals surface area (Å²) >= 11 is 0. The zero-order valence-electron chi connectivity index (χ0n) is 12.4. The van der Waals surface area contributed by atoms with Crippen LogP contribution in [0, 0.1) is 19.8 Å². The third-order valence-electron chi connectivity index (χ3n) is 4.57. The van der Waals surface area contributed by atoms with Gasteiger partial charge in [-0.05, 0) is 49.9 Å². The first-order chi connectivity index (χ1) is 10.6. The third-order valence-corrected chi connectivity index (χ3v) is 4.57. The fourth-order valence-corrected chi connectivity index (χ4v) is 2.94. The highest BCUT2D eigenvalue weighted by molar-refractivity contribution is 5.93. The lowest BCUT2D eigenvalue weighted by Gasteiger charge is -2.08. The number of aromatic amines is 1. The molecule has 5 aromatic rings. The van der Waals surface area contributed by atoms with Crippen LogP contribution >= 0.6 is 0 Å². The summed E-state index contributed by atoms with van der Waals surface area (Å²) in [5, 5.41) is 4.45. The molecule has 1 saturated carbocycles. The van der Waals surface area contributed by atoms with Gasteiger partial charge < -0.3 is 4.98 Å². The van der Waals surface area contributed by atoms with Crippen LogP contribution in [0.25, 0.3) is 28.1 Å². The number of nitrogens with one attached hydrogen (secondary N) is 1. The lowest BCUT2D eigenvalue weighted by Crippen LogP contribution is -2.22. The van der Waals surface area contributed by atoms with Gasteiger partial charge in [0.15, 0.2) is 11.5 Å². The molecule has 0 atom stereocenters. The summed E-state index contributed by atoms with van der Waals surface area (Å²) in [6.45, 7) is 4.17. The van der Waals surface area contributed by atoms with Crippen LogP contribution in [-0.4, -0.2) is 30.3 Å². The lowest BCUT2D eigenvalue weighted by atomic mass is 10.1. The molecular weight excluding hydrogens is 278 g/mol. The minimum atomic E-state index is 0.152. The van der Waals surface area contributed by atoms with Gasteiger partial charge in [-0.3, -0.25) is 4.79 Å². The van der Waals surface area contributed by atoms with E-state index >= 15 is 0 Å². The number of benzene rings is 1. The lowest BCUT2D eigenvalue weighted by molar-refractivity contribution is 0.0860. The van der Waals surface area contributed by atoms with Crippen molar-refractivity contribution in [1.82, 2.24) is 24.4 Å². The average molecular weight is 293 g/mol. The molecule has 1 fully saturated rings. The Morgan fingerprint density at radius 3 is 2.82 bits per heavy atom. The number of imidazole rings is 1. The summed E-state index contributed by atoms with van der Waals surface area (Å²) in [7, 11) is 0. The van der Waals surface area contributed by atoms with Gasteiger partial charge in [-0.25, -0.2) is 4.98 Å². The summed E-state index contributed by atoms with van der Waals surface area (Å²) in [6, 6.07) is 4.18. The molecule has 4 heterocycles. The zero-order chi connectivity index (χ0) is 15.0. The van der Waals surface area contributed by atoms with Crippen LogP contribution < -0.4 is 0 Å². The van der Waals surface area contributed by atoms with E-state index < -0.39 is 0 Å². The minimum Gasteiger partial charge on any atom is -0.337 e. The van der Waals surface area contributed by atoms with Gasteiger partial charge in [-0.15, -0.1) is 5.10 Å².